The van der Waals surface area contributed by atoms with Gasteiger partial charge in [0.05, 0.1) is 23.8 Å². The molecule has 0 radical (unpaired) electrons. The Morgan fingerprint density at radius 1 is 1.03 bits per heavy atom. The SMILES string of the molecule is O=C(CCn1c(Cc2c(Cl)cccc2Cl)nc2ccccc21)NCc1ccco1. The van der Waals surface area contributed by atoms with Crippen molar-refractivity contribution in [3.05, 3.63) is 88.1 Å². The Hall–Kier alpha value is -2.76. The summed E-state index contributed by atoms with van der Waals surface area (Å²) < 4.78 is 7.30. The van der Waals surface area contributed by atoms with Crippen LogP contribution in [-0.2, 0) is 24.3 Å². The highest BCUT2D eigenvalue weighted by atomic mass is 35.5. The first-order valence-corrected chi connectivity index (χ1v) is 10.0. The third-order valence-electron chi connectivity index (χ3n) is 4.73. The molecule has 29 heavy (non-hydrogen) atoms. The largest absolute Gasteiger partial charge is 0.467 e. The number of rotatable bonds is 7. The Morgan fingerprint density at radius 2 is 1.83 bits per heavy atom. The van der Waals surface area contributed by atoms with Gasteiger partial charge in [-0.1, -0.05) is 41.4 Å². The Kier molecular flexibility index (Phi) is 5.88. The highest BCUT2D eigenvalue weighted by molar-refractivity contribution is 6.36. The molecule has 0 bridgehead atoms. The van der Waals surface area contributed by atoms with Crippen LogP contribution >= 0.6 is 23.2 Å². The number of carbonyl (C=O) groups is 1. The first kappa shape index (κ1) is 19.6. The minimum Gasteiger partial charge on any atom is -0.467 e. The molecule has 0 saturated heterocycles. The van der Waals surface area contributed by atoms with Gasteiger partial charge in [0, 0.05) is 29.4 Å². The van der Waals surface area contributed by atoms with Gasteiger partial charge in [0.1, 0.15) is 11.6 Å². The third-order valence-corrected chi connectivity index (χ3v) is 5.44. The van der Waals surface area contributed by atoms with E-state index in [1.807, 2.05) is 48.5 Å². The molecule has 0 spiro atoms. The molecule has 0 atom stereocenters. The monoisotopic (exact) mass is 427 g/mol. The van der Waals surface area contributed by atoms with Crippen LogP contribution in [0, 0.1) is 0 Å². The molecule has 2 aromatic carbocycles. The molecular formula is C22H19Cl2N3O2. The van der Waals surface area contributed by atoms with Gasteiger partial charge in [-0.25, -0.2) is 4.98 Å². The maximum absolute atomic E-state index is 12.3. The molecule has 0 aliphatic heterocycles. The maximum atomic E-state index is 12.3. The minimum atomic E-state index is -0.0547. The second kappa shape index (κ2) is 8.72. The van der Waals surface area contributed by atoms with Crippen LogP contribution in [0.15, 0.2) is 65.3 Å². The summed E-state index contributed by atoms with van der Waals surface area (Å²) in [6.07, 6.45) is 2.40. The number of nitrogens with zero attached hydrogens (tertiary/aromatic N) is 2. The zero-order valence-electron chi connectivity index (χ0n) is 15.6. The van der Waals surface area contributed by atoms with Gasteiger partial charge in [-0.15, -0.1) is 0 Å². The molecule has 0 aliphatic rings. The van der Waals surface area contributed by atoms with Crippen molar-refractivity contribution in [2.75, 3.05) is 0 Å². The van der Waals surface area contributed by atoms with Crippen LogP contribution in [0.4, 0.5) is 0 Å². The Labute approximate surface area is 178 Å². The van der Waals surface area contributed by atoms with Gasteiger partial charge in [-0.2, -0.15) is 0 Å². The van der Waals surface area contributed by atoms with Gasteiger partial charge in [-0.3, -0.25) is 4.79 Å². The zero-order valence-corrected chi connectivity index (χ0v) is 17.1. The van der Waals surface area contributed by atoms with Gasteiger partial charge in [-0.05, 0) is 42.0 Å². The van der Waals surface area contributed by atoms with Crippen LogP contribution in [0.25, 0.3) is 11.0 Å². The molecule has 0 unspecified atom stereocenters. The summed E-state index contributed by atoms with van der Waals surface area (Å²) in [6, 6.07) is 16.9. The van der Waals surface area contributed by atoms with Crippen LogP contribution in [0.5, 0.6) is 0 Å². The number of para-hydroxylation sites is 2. The summed E-state index contributed by atoms with van der Waals surface area (Å²) in [5, 5.41) is 4.08. The van der Waals surface area contributed by atoms with Crippen LogP contribution in [0.3, 0.4) is 0 Å². The molecule has 2 aromatic heterocycles. The second-order valence-electron chi connectivity index (χ2n) is 6.65. The lowest BCUT2D eigenvalue weighted by Crippen LogP contribution is -2.24. The molecule has 0 aliphatic carbocycles. The van der Waals surface area contributed by atoms with Crippen molar-refractivity contribution in [2.24, 2.45) is 0 Å². The number of hydrogen-bond acceptors (Lipinski definition) is 3. The fraction of sp³-hybridized carbons (Fsp3) is 0.182. The van der Waals surface area contributed by atoms with E-state index in [0.29, 0.717) is 36.0 Å². The van der Waals surface area contributed by atoms with Crippen LogP contribution < -0.4 is 5.32 Å². The lowest BCUT2D eigenvalue weighted by atomic mass is 10.1. The maximum Gasteiger partial charge on any atom is 0.222 e. The van der Waals surface area contributed by atoms with Gasteiger partial charge < -0.3 is 14.3 Å². The van der Waals surface area contributed by atoms with Crippen LogP contribution in [0.1, 0.15) is 23.6 Å². The number of amides is 1. The molecule has 148 valence electrons. The molecule has 1 N–H and O–H groups in total. The van der Waals surface area contributed by atoms with Crippen molar-refractivity contribution in [3.8, 4) is 0 Å². The summed E-state index contributed by atoms with van der Waals surface area (Å²) in [5.41, 5.74) is 2.68. The number of furan rings is 1. The lowest BCUT2D eigenvalue weighted by Gasteiger charge is -2.11. The van der Waals surface area contributed by atoms with Gasteiger partial charge in [0.25, 0.3) is 0 Å². The number of halogens is 2. The molecule has 1 amide bonds. The van der Waals surface area contributed by atoms with E-state index in [9.17, 15) is 4.79 Å². The first-order valence-electron chi connectivity index (χ1n) is 9.28. The third kappa shape index (κ3) is 4.47. The number of nitrogens with one attached hydrogen (secondary N) is 1. The summed E-state index contributed by atoms with van der Waals surface area (Å²) >= 11 is 12.7. The highest BCUT2D eigenvalue weighted by Crippen LogP contribution is 2.28. The first-order chi connectivity index (χ1) is 14.1. The smallest absolute Gasteiger partial charge is 0.222 e. The van der Waals surface area contributed by atoms with Crippen molar-refractivity contribution in [1.82, 2.24) is 14.9 Å². The predicted octanol–water partition coefficient (Wildman–Crippen LogP) is 5.23. The van der Waals surface area contributed by atoms with Crippen molar-refractivity contribution in [2.45, 2.75) is 25.9 Å². The molecular weight excluding hydrogens is 409 g/mol. The van der Waals surface area contributed by atoms with Crippen LogP contribution in [-0.4, -0.2) is 15.5 Å². The Balaban J connectivity index is 1.54. The van der Waals surface area contributed by atoms with E-state index < -0.39 is 0 Å². The second-order valence-corrected chi connectivity index (χ2v) is 7.47. The number of aryl methyl sites for hydroxylation is 1. The zero-order chi connectivity index (χ0) is 20.2. The average molecular weight is 428 g/mol. The molecule has 4 rings (SSSR count). The van der Waals surface area contributed by atoms with Crippen molar-refractivity contribution < 1.29 is 9.21 Å². The molecule has 0 saturated carbocycles. The Morgan fingerprint density at radius 3 is 2.59 bits per heavy atom. The average Bonchev–Trinajstić information content (AvgIpc) is 3.35. The fourth-order valence-electron chi connectivity index (χ4n) is 3.27. The van der Waals surface area contributed by atoms with Crippen molar-refractivity contribution >= 4 is 40.1 Å². The van der Waals surface area contributed by atoms with E-state index in [1.165, 1.54) is 0 Å². The molecule has 7 heteroatoms. The summed E-state index contributed by atoms with van der Waals surface area (Å²) in [6.45, 7) is 0.876. The topological polar surface area (TPSA) is 60.1 Å². The number of hydrogen-bond donors (Lipinski definition) is 1. The highest BCUT2D eigenvalue weighted by Gasteiger charge is 2.15. The van der Waals surface area contributed by atoms with E-state index in [1.54, 1.807) is 12.3 Å². The van der Waals surface area contributed by atoms with Gasteiger partial charge in [0.15, 0.2) is 0 Å². The summed E-state index contributed by atoms with van der Waals surface area (Å²) in [5.74, 6) is 1.49. The van der Waals surface area contributed by atoms with E-state index >= 15 is 0 Å². The number of fused-ring (bicyclic) bond motifs is 1. The summed E-state index contributed by atoms with van der Waals surface area (Å²) in [7, 11) is 0. The van der Waals surface area contributed by atoms with Gasteiger partial charge in [0.2, 0.25) is 5.91 Å². The normalized spacial score (nSPS) is 11.1. The molecule has 2 heterocycles. The number of benzene rings is 2. The molecule has 4 aromatic rings. The van der Waals surface area contributed by atoms with E-state index in [-0.39, 0.29) is 5.91 Å². The standard InChI is InChI=1S/C22H19Cl2N3O2/c23-17-6-3-7-18(24)16(17)13-21-26-19-8-1-2-9-20(19)27(21)11-10-22(28)25-14-15-5-4-12-29-15/h1-9,12H,10-11,13-14H2,(H,25,28). The number of aromatic nitrogens is 2. The molecule has 0 fully saturated rings. The fourth-order valence-corrected chi connectivity index (χ4v) is 3.80. The van der Waals surface area contributed by atoms with E-state index in [2.05, 4.69) is 9.88 Å². The quantitative estimate of drug-likeness (QED) is 0.438. The van der Waals surface area contributed by atoms with E-state index in [0.717, 1.165) is 28.2 Å². The number of imidazole rings is 1. The van der Waals surface area contributed by atoms with Crippen molar-refractivity contribution in [1.29, 1.82) is 0 Å². The predicted molar refractivity (Wildman–Crippen MR) is 114 cm³/mol. The van der Waals surface area contributed by atoms with Crippen molar-refractivity contribution in [3.63, 3.8) is 0 Å². The summed E-state index contributed by atoms with van der Waals surface area (Å²) in [4.78, 5) is 17.1. The van der Waals surface area contributed by atoms with Crippen LogP contribution in [0.2, 0.25) is 10.0 Å². The molecule has 5 nitrogen and oxygen atoms in total. The van der Waals surface area contributed by atoms with E-state index in [4.69, 9.17) is 32.6 Å². The lowest BCUT2D eigenvalue weighted by molar-refractivity contribution is -0.121. The Bertz CT molecular complexity index is 1120. The van der Waals surface area contributed by atoms with Gasteiger partial charge >= 0.3 is 0 Å². The minimum absolute atomic E-state index is 0.0547. The number of carbonyl (C=O) groups excluding carboxylic acids is 1.